The fraction of sp³-hybridized carbons (Fsp3) is 0.455. The van der Waals surface area contributed by atoms with Gasteiger partial charge in [0.1, 0.15) is 5.03 Å². The van der Waals surface area contributed by atoms with E-state index in [2.05, 4.69) is 4.98 Å². The average Bonchev–Trinajstić information content (AvgIpc) is 2.79. The van der Waals surface area contributed by atoms with Crippen LogP contribution in [0.15, 0.2) is 23.4 Å². The highest BCUT2D eigenvalue weighted by Crippen LogP contribution is 2.24. The van der Waals surface area contributed by atoms with E-state index in [4.69, 9.17) is 9.84 Å². The fourth-order valence-electron chi connectivity index (χ4n) is 1.62. The lowest BCUT2D eigenvalue weighted by Crippen LogP contribution is -2.09. The monoisotopic (exact) mass is 239 g/mol. The highest BCUT2D eigenvalue weighted by atomic mass is 32.2. The summed E-state index contributed by atoms with van der Waals surface area (Å²) < 4.78 is 5.48. The van der Waals surface area contributed by atoms with E-state index < -0.39 is 5.97 Å². The highest BCUT2D eigenvalue weighted by Gasteiger charge is 2.18. The normalized spacial score (nSPS) is 19.9. The average molecular weight is 239 g/mol. The summed E-state index contributed by atoms with van der Waals surface area (Å²) in [5, 5.41) is 9.55. The van der Waals surface area contributed by atoms with Gasteiger partial charge in [0.25, 0.3) is 0 Å². The van der Waals surface area contributed by atoms with E-state index in [0.717, 1.165) is 25.2 Å². The Hall–Kier alpha value is -1.07. The van der Waals surface area contributed by atoms with Crippen molar-refractivity contribution in [3.8, 4) is 0 Å². The molecule has 1 N–H and O–H groups in total. The molecule has 0 radical (unpaired) electrons. The minimum Gasteiger partial charge on any atom is -0.478 e. The van der Waals surface area contributed by atoms with Crippen molar-refractivity contribution in [3.05, 3.63) is 23.9 Å². The number of carboxylic acids is 1. The van der Waals surface area contributed by atoms with Gasteiger partial charge in [-0.3, -0.25) is 0 Å². The Labute approximate surface area is 98.0 Å². The Balaban J connectivity index is 2.00. The lowest BCUT2D eigenvalue weighted by molar-refractivity contribution is 0.0692. The van der Waals surface area contributed by atoms with Crippen LogP contribution < -0.4 is 0 Å². The number of hydrogen-bond donors (Lipinski definition) is 1. The van der Waals surface area contributed by atoms with Crippen molar-refractivity contribution in [2.45, 2.75) is 24.0 Å². The number of carboxylic acid groups (broad SMARTS) is 1. The summed E-state index contributed by atoms with van der Waals surface area (Å²) >= 11 is 1.46. The Morgan fingerprint density at radius 3 is 3.25 bits per heavy atom. The highest BCUT2D eigenvalue weighted by molar-refractivity contribution is 7.99. The quantitative estimate of drug-likeness (QED) is 0.815. The van der Waals surface area contributed by atoms with Crippen molar-refractivity contribution in [2.24, 2.45) is 0 Å². The molecule has 0 amide bonds. The van der Waals surface area contributed by atoms with Crippen molar-refractivity contribution >= 4 is 17.7 Å². The SMILES string of the molecule is O=C(O)c1cccnc1SCC1CCCO1. The van der Waals surface area contributed by atoms with Gasteiger partial charge in [-0.2, -0.15) is 0 Å². The molecule has 1 saturated heterocycles. The van der Waals surface area contributed by atoms with Gasteiger partial charge in [0.2, 0.25) is 0 Å². The topological polar surface area (TPSA) is 59.4 Å². The zero-order valence-corrected chi connectivity index (χ0v) is 9.57. The molecule has 1 aliphatic rings. The second kappa shape index (κ2) is 5.32. The molecule has 86 valence electrons. The molecule has 0 bridgehead atoms. The summed E-state index contributed by atoms with van der Waals surface area (Å²) in [6.45, 7) is 0.819. The standard InChI is InChI=1S/C11H13NO3S/c13-11(14)9-4-1-5-12-10(9)16-7-8-3-2-6-15-8/h1,4-5,8H,2-3,6-7H2,(H,13,14). The van der Waals surface area contributed by atoms with Gasteiger partial charge in [0, 0.05) is 18.6 Å². The largest absolute Gasteiger partial charge is 0.478 e. The Morgan fingerprint density at radius 2 is 2.56 bits per heavy atom. The van der Waals surface area contributed by atoms with Crippen molar-refractivity contribution in [3.63, 3.8) is 0 Å². The molecule has 5 heteroatoms. The molecule has 0 spiro atoms. The smallest absolute Gasteiger partial charge is 0.338 e. The Morgan fingerprint density at radius 1 is 1.69 bits per heavy atom. The summed E-state index contributed by atoms with van der Waals surface area (Å²) in [7, 11) is 0. The molecule has 2 rings (SSSR count). The van der Waals surface area contributed by atoms with E-state index >= 15 is 0 Å². The lowest BCUT2D eigenvalue weighted by atomic mass is 10.3. The third-order valence-corrected chi connectivity index (χ3v) is 3.57. The Bertz CT molecular complexity index is 377. The van der Waals surface area contributed by atoms with Crippen molar-refractivity contribution in [1.29, 1.82) is 0 Å². The first-order valence-corrected chi connectivity index (χ1v) is 6.18. The molecule has 16 heavy (non-hydrogen) atoms. The first kappa shape index (κ1) is 11.4. The molecular formula is C11H13NO3S. The van der Waals surface area contributed by atoms with E-state index in [9.17, 15) is 4.79 Å². The number of ether oxygens (including phenoxy) is 1. The van der Waals surface area contributed by atoms with Crippen LogP contribution >= 0.6 is 11.8 Å². The number of hydrogen-bond acceptors (Lipinski definition) is 4. The van der Waals surface area contributed by atoms with Crippen LogP contribution in [0.5, 0.6) is 0 Å². The second-order valence-electron chi connectivity index (χ2n) is 3.61. The maximum absolute atomic E-state index is 10.9. The summed E-state index contributed by atoms with van der Waals surface area (Å²) in [5.41, 5.74) is 0.269. The van der Waals surface area contributed by atoms with Crippen molar-refractivity contribution in [2.75, 3.05) is 12.4 Å². The summed E-state index contributed by atoms with van der Waals surface area (Å²) in [4.78, 5) is 15.0. The van der Waals surface area contributed by atoms with Crippen LogP contribution in [0.3, 0.4) is 0 Å². The number of pyridine rings is 1. The molecule has 1 aromatic rings. The summed E-state index contributed by atoms with van der Waals surface area (Å²) in [6.07, 6.45) is 4.01. The van der Waals surface area contributed by atoms with Crippen molar-refractivity contribution in [1.82, 2.24) is 4.98 Å². The molecular weight excluding hydrogens is 226 g/mol. The molecule has 4 nitrogen and oxygen atoms in total. The van der Waals surface area contributed by atoms with Gasteiger partial charge in [0.15, 0.2) is 0 Å². The van der Waals surface area contributed by atoms with Crippen LogP contribution in [-0.2, 0) is 4.74 Å². The van der Waals surface area contributed by atoms with E-state index in [1.165, 1.54) is 11.8 Å². The fourth-order valence-corrected chi connectivity index (χ4v) is 2.67. The molecule has 0 aromatic carbocycles. The van der Waals surface area contributed by atoms with Gasteiger partial charge in [-0.15, -0.1) is 11.8 Å². The second-order valence-corrected chi connectivity index (χ2v) is 4.62. The lowest BCUT2D eigenvalue weighted by Gasteiger charge is -2.09. The number of thioether (sulfide) groups is 1. The molecule has 1 unspecified atom stereocenters. The van der Waals surface area contributed by atoms with Crippen LogP contribution in [0, 0.1) is 0 Å². The zero-order chi connectivity index (χ0) is 11.4. The number of aromatic carboxylic acids is 1. The molecule has 2 heterocycles. The number of carbonyl (C=O) groups is 1. The summed E-state index contributed by atoms with van der Waals surface area (Å²) in [6, 6.07) is 3.22. The first-order valence-electron chi connectivity index (χ1n) is 5.20. The molecule has 0 aliphatic carbocycles. The van der Waals surface area contributed by atoms with Crippen LogP contribution in [0.25, 0.3) is 0 Å². The minimum absolute atomic E-state index is 0.244. The molecule has 1 fully saturated rings. The Kier molecular flexibility index (Phi) is 3.79. The van der Waals surface area contributed by atoms with Crippen LogP contribution in [0.2, 0.25) is 0 Å². The summed E-state index contributed by atoms with van der Waals surface area (Å²) in [5.74, 6) is -0.153. The van der Waals surface area contributed by atoms with Gasteiger partial charge >= 0.3 is 5.97 Å². The van der Waals surface area contributed by atoms with Gasteiger partial charge in [-0.05, 0) is 25.0 Å². The van der Waals surface area contributed by atoms with Crippen molar-refractivity contribution < 1.29 is 14.6 Å². The number of aromatic nitrogens is 1. The van der Waals surface area contributed by atoms with Crippen LogP contribution in [0.1, 0.15) is 23.2 Å². The first-order chi connectivity index (χ1) is 7.77. The molecule has 0 saturated carbocycles. The van der Waals surface area contributed by atoms with Crippen LogP contribution in [0.4, 0.5) is 0 Å². The van der Waals surface area contributed by atoms with Gasteiger partial charge < -0.3 is 9.84 Å². The third kappa shape index (κ3) is 2.74. The molecule has 1 aromatic heterocycles. The van der Waals surface area contributed by atoms with Gasteiger partial charge in [-0.1, -0.05) is 0 Å². The van der Waals surface area contributed by atoms with Gasteiger partial charge in [0.05, 0.1) is 11.7 Å². The maximum atomic E-state index is 10.9. The van der Waals surface area contributed by atoms with E-state index in [-0.39, 0.29) is 11.7 Å². The number of rotatable bonds is 4. The predicted octanol–water partition coefficient (Wildman–Crippen LogP) is 2.05. The van der Waals surface area contributed by atoms with E-state index in [0.29, 0.717) is 5.03 Å². The number of nitrogens with zero attached hydrogens (tertiary/aromatic N) is 1. The minimum atomic E-state index is -0.928. The zero-order valence-electron chi connectivity index (χ0n) is 8.76. The molecule has 1 aliphatic heterocycles. The predicted molar refractivity (Wildman–Crippen MR) is 60.9 cm³/mol. The van der Waals surface area contributed by atoms with Gasteiger partial charge in [-0.25, -0.2) is 9.78 Å². The molecule has 1 atom stereocenters. The maximum Gasteiger partial charge on any atom is 0.338 e. The third-order valence-electron chi connectivity index (χ3n) is 2.43. The van der Waals surface area contributed by atoms with E-state index in [1.54, 1.807) is 18.3 Å². The van der Waals surface area contributed by atoms with E-state index in [1.807, 2.05) is 0 Å². The van der Waals surface area contributed by atoms with Crippen LogP contribution in [-0.4, -0.2) is 34.5 Å².